The van der Waals surface area contributed by atoms with Crippen molar-refractivity contribution in [3.8, 4) is 0 Å². The van der Waals surface area contributed by atoms with Gasteiger partial charge < -0.3 is 4.23 Å². The van der Waals surface area contributed by atoms with Gasteiger partial charge in [0.2, 0.25) is 0 Å². The average molecular weight is 292 g/mol. The van der Waals surface area contributed by atoms with Crippen LogP contribution in [0.3, 0.4) is 0 Å². The summed E-state index contributed by atoms with van der Waals surface area (Å²) < 4.78 is 2.30. The Morgan fingerprint density at radius 1 is 0.941 bits per heavy atom. The van der Waals surface area contributed by atoms with Gasteiger partial charge in [-0.1, -0.05) is 64.7 Å². The second-order valence-electron chi connectivity index (χ2n) is 5.68. The van der Waals surface area contributed by atoms with Crippen LogP contribution in [0.5, 0.6) is 0 Å². The molecule has 0 N–H and O–H groups in total. The third-order valence-corrected chi connectivity index (χ3v) is 11.7. The molecule has 1 aromatic rings. The highest BCUT2D eigenvalue weighted by atomic mass is 35.5. The molecule has 4 heteroatoms. The number of halogens is 2. The van der Waals surface area contributed by atoms with Crippen molar-refractivity contribution in [1.29, 1.82) is 0 Å². The maximum atomic E-state index is 6.39. The lowest BCUT2D eigenvalue weighted by atomic mass is 10.5. The molecule has 0 amide bonds. The van der Waals surface area contributed by atoms with Gasteiger partial charge in [-0.25, -0.2) is 0 Å². The molecule has 0 radical (unpaired) electrons. The van der Waals surface area contributed by atoms with E-state index < -0.39 is 8.24 Å². The third kappa shape index (κ3) is 2.32. The molecule has 0 spiro atoms. The lowest BCUT2D eigenvalue weighted by molar-refractivity contribution is 0.766. The Morgan fingerprint density at radius 3 is 1.59 bits per heavy atom. The van der Waals surface area contributed by atoms with E-state index in [2.05, 4.69) is 52.0 Å². The van der Waals surface area contributed by atoms with E-state index in [0.29, 0.717) is 21.6 Å². The zero-order valence-corrected chi connectivity index (χ0v) is 14.1. The first-order valence-corrected chi connectivity index (χ1v) is 9.22. The number of hydrogen-bond donors (Lipinski definition) is 0. The lowest BCUT2D eigenvalue weighted by Crippen LogP contribution is -2.51. The van der Waals surface area contributed by atoms with Gasteiger partial charge in [0.1, 0.15) is 5.15 Å². The first kappa shape index (κ1) is 15.1. The highest BCUT2D eigenvalue weighted by Gasteiger charge is 2.46. The van der Waals surface area contributed by atoms with Crippen LogP contribution in [-0.4, -0.2) is 12.5 Å². The summed E-state index contributed by atoms with van der Waals surface area (Å²) in [6, 6.07) is 1.92. The highest BCUT2D eigenvalue weighted by molar-refractivity contribution is 6.82. The summed E-state index contributed by atoms with van der Waals surface area (Å²) in [5.74, 6) is 0. The van der Waals surface area contributed by atoms with Crippen LogP contribution in [-0.2, 0) is 0 Å². The minimum Gasteiger partial charge on any atom is -0.363 e. The highest BCUT2D eigenvalue weighted by Crippen LogP contribution is 2.45. The Balaban J connectivity index is 3.47. The standard InChI is InChI=1S/C13H23Cl2NSi/c1-9(2)17(10(3)4,11(5)6)16-8-7-12(14)13(16)15/h7-11H,1-6H3. The fourth-order valence-corrected chi connectivity index (χ4v) is 10.8. The van der Waals surface area contributed by atoms with E-state index in [-0.39, 0.29) is 0 Å². The van der Waals surface area contributed by atoms with Gasteiger partial charge in [-0.15, -0.1) is 0 Å². The molecule has 0 aliphatic carbocycles. The summed E-state index contributed by atoms with van der Waals surface area (Å²) in [4.78, 5) is 0. The normalized spacial score (nSPS) is 13.1. The Labute approximate surface area is 116 Å². The third-order valence-electron chi connectivity index (χ3n) is 3.97. The number of nitrogens with zero attached hydrogens (tertiary/aromatic N) is 1. The van der Waals surface area contributed by atoms with Crippen LogP contribution in [0.1, 0.15) is 41.5 Å². The minimum atomic E-state index is -1.73. The number of hydrogen-bond acceptors (Lipinski definition) is 0. The average Bonchev–Trinajstić information content (AvgIpc) is 2.49. The Bertz CT molecular complexity index is 361. The summed E-state index contributed by atoms with van der Waals surface area (Å²) in [6.45, 7) is 13.9. The summed E-state index contributed by atoms with van der Waals surface area (Å²) in [6.07, 6.45) is 2.08. The van der Waals surface area contributed by atoms with Crippen molar-refractivity contribution in [3.05, 3.63) is 22.4 Å². The van der Waals surface area contributed by atoms with Gasteiger partial charge in [0.15, 0.2) is 8.24 Å². The molecule has 1 heterocycles. The molecule has 98 valence electrons. The predicted octanol–water partition coefficient (Wildman–Crippen LogP) is 5.82. The molecule has 0 fully saturated rings. The van der Waals surface area contributed by atoms with Crippen molar-refractivity contribution < 1.29 is 0 Å². The predicted molar refractivity (Wildman–Crippen MR) is 80.9 cm³/mol. The van der Waals surface area contributed by atoms with Crippen molar-refractivity contribution in [1.82, 2.24) is 4.23 Å². The fraction of sp³-hybridized carbons (Fsp3) is 0.692. The Hall–Kier alpha value is 0.0769. The summed E-state index contributed by atoms with van der Waals surface area (Å²) in [5, 5.41) is 1.39. The smallest absolute Gasteiger partial charge is 0.170 e. The quantitative estimate of drug-likeness (QED) is 0.616. The van der Waals surface area contributed by atoms with Crippen molar-refractivity contribution in [2.75, 3.05) is 0 Å². The van der Waals surface area contributed by atoms with Crippen molar-refractivity contribution in [2.24, 2.45) is 0 Å². The molecule has 0 unspecified atom stereocenters. The van der Waals surface area contributed by atoms with Crippen molar-refractivity contribution in [3.63, 3.8) is 0 Å². The molecule has 0 saturated heterocycles. The SMILES string of the molecule is CC(C)[Si](C(C)C)(C(C)C)n1ccc(Cl)c1Cl. The second kappa shape index (κ2) is 5.37. The van der Waals surface area contributed by atoms with Crippen LogP contribution in [0.15, 0.2) is 12.3 Å². The molecule has 0 saturated carbocycles. The zero-order valence-electron chi connectivity index (χ0n) is 11.6. The van der Waals surface area contributed by atoms with Crippen LogP contribution >= 0.6 is 23.2 Å². The van der Waals surface area contributed by atoms with E-state index >= 15 is 0 Å². The molecule has 0 aromatic carbocycles. The van der Waals surface area contributed by atoms with Gasteiger partial charge in [0, 0.05) is 0 Å². The molecule has 1 rings (SSSR count). The molecular formula is C13H23Cl2NSi. The van der Waals surface area contributed by atoms with Gasteiger partial charge >= 0.3 is 0 Å². The van der Waals surface area contributed by atoms with E-state index in [1.807, 2.05) is 6.07 Å². The Kier molecular flexibility index (Phi) is 4.78. The van der Waals surface area contributed by atoms with Gasteiger partial charge in [-0.2, -0.15) is 0 Å². The largest absolute Gasteiger partial charge is 0.363 e. The van der Waals surface area contributed by atoms with Crippen molar-refractivity contribution >= 4 is 31.4 Å². The summed E-state index contributed by atoms with van der Waals surface area (Å²) in [5.41, 5.74) is 1.88. The molecule has 17 heavy (non-hydrogen) atoms. The molecule has 1 nitrogen and oxygen atoms in total. The van der Waals surface area contributed by atoms with E-state index in [1.165, 1.54) is 0 Å². The summed E-state index contributed by atoms with van der Waals surface area (Å²) in [7, 11) is -1.73. The number of rotatable bonds is 4. The number of aromatic nitrogens is 1. The van der Waals surface area contributed by atoms with Crippen LogP contribution < -0.4 is 0 Å². The monoisotopic (exact) mass is 291 g/mol. The van der Waals surface area contributed by atoms with Crippen LogP contribution in [0, 0.1) is 0 Å². The van der Waals surface area contributed by atoms with Crippen LogP contribution in [0.2, 0.25) is 26.8 Å². The van der Waals surface area contributed by atoms with Crippen LogP contribution in [0.4, 0.5) is 0 Å². The summed E-state index contributed by atoms with van der Waals surface area (Å²) >= 11 is 12.5. The molecule has 0 bridgehead atoms. The van der Waals surface area contributed by atoms with E-state index in [4.69, 9.17) is 23.2 Å². The fourth-order valence-electron chi connectivity index (χ4n) is 3.52. The van der Waals surface area contributed by atoms with Gasteiger partial charge in [0.05, 0.1) is 5.02 Å². The zero-order chi connectivity index (χ0) is 13.4. The first-order chi connectivity index (χ1) is 7.76. The van der Waals surface area contributed by atoms with Crippen LogP contribution in [0.25, 0.3) is 0 Å². The van der Waals surface area contributed by atoms with Gasteiger partial charge in [-0.05, 0) is 28.9 Å². The van der Waals surface area contributed by atoms with Gasteiger partial charge in [-0.3, -0.25) is 0 Å². The van der Waals surface area contributed by atoms with Gasteiger partial charge in [0.25, 0.3) is 0 Å². The Morgan fingerprint density at radius 2 is 1.35 bits per heavy atom. The topological polar surface area (TPSA) is 4.93 Å². The molecule has 0 aliphatic heterocycles. The second-order valence-corrected chi connectivity index (χ2v) is 12.2. The molecule has 1 aromatic heterocycles. The maximum absolute atomic E-state index is 6.39. The maximum Gasteiger partial charge on any atom is 0.170 e. The molecule has 0 atom stereocenters. The van der Waals surface area contributed by atoms with E-state index in [1.54, 1.807) is 0 Å². The first-order valence-electron chi connectivity index (χ1n) is 6.29. The molecule has 0 aliphatic rings. The van der Waals surface area contributed by atoms with E-state index in [9.17, 15) is 0 Å². The molecular weight excluding hydrogens is 269 g/mol. The van der Waals surface area contributed by atoms with Crippen molar-refractivity contribution in [2.45, 2.75) is 58.2 Å². The lowest BCUT2D eigenvalue weighted by Gasteiger charge is -2.44. The van der Waals surface area contributed by atoms with E-state index in [0.717, 1.165) is 5.15 Å². The minimum absolute atomic E-state index is 0.628.